The maximum Gasteiger partial charge on any atom is 0.224 e. The number of carbonyl (C=O) groups is 3. The Hall–Kier alpha value is -2.37. The van der Waals surface area contributed by atoms with Crippen molar-refractivity contribution in [3.05, 3.63) is 29.8 Å². The van der Waals surface area contributed by atoms with Crippen LogP contribution in [0.1, 0.15) is 32.3 Å². The first-order valence-corrected chi connectivity index (χ1v) is 8.41. The molecule has 1 aromatic carbocycles. The molecule has 3 amide bonds. The van der Waals surface area contributed by atoms with E-state index in [1.54, 1.807) is 9.80 Å². The van der Waals surface area contributed by atoms with Crippen LogP contribution in [0, 0.1) is 0 Å². The standard InChI is InChI=1S/C18H25N3O3/c1-3-15-4-6-16(7-5-15)19-17(23)8-9-18(24)21-12-10-20(11-13-21)14(2)22/h4-7H,3,8-13H2,1-2H3,(H,19,23). The number of aryl methyl sites for hydroxylation is 1. The Kier molecular flexibility index (Phi) is 6.35. The van der Waals surface area contributed by atoms with E-state index in [9.17, 15) is 14.4 Å². The van der Waals surface area contributed by atoms with E-state index in [-0.39, 0.29) is 30.6 Å². The molecular formula is C18H25N3O3. The molecule has 0 unspecified atom stereocenters. The Morgan fingerprint density at radius 2 is 1.54 bits per heavy atom. The van der Waals surface area contributed by atoms with Crippen molar-refractivity contribution in [3.8, 4) is 0 Å². The lowest BCUT2D eigenvalue weighted by molar-refractivity contribution is -0.138. The summed E-state index contributed by atoms with van der Waals surface area (Å²) in [6.45, 7) is 5.83. The summed E-state index contributed by atoms with van der Waals surface area (Å²) in [5, 5.41) is 2.81. The molecule has 130 valence electrons. The highest BCUT2D eigenvalue weighted by Crippen LogP contribution is 2.11. The topological polar surface area (TPSA) is 69.7 Å². The largest absolute Gasteiger partial charge is 0.339 e. The average molecular weight is 331 g/mol. The predicted molar refractivity (Wildman–Crippen MR) is 92.5 cm³/mol. The number of benzene rings is 1. The van der Waals surface area contributed by atoms with E-state index in [0.29, 0.717) is 26.2 Å². The van der Waals surface area contributed by atoms with E-state index < -0.39 is 0 Å². The summed E-state index contributed by atoms with van der Waals surface area (Å²) in [5.41, 5.74) is 1.97. The second kappa shape index (κ2) is 8.47. The van der Waals surface area contributed by atoms with Crippen molar-refractivity contribution in [1.82, 2.24) is 9.80 Å². The van der Waals surface area contributed by atoms with Crippen LogP contribution in [0.15, 0.2) is 24.3 Å². The summed E-state index contributed by atoms with van der Waals surface area (Å²) in [6.07, 6.45) is 1.32. The minimum atomic E-state index is -0.157. The molecule has 0 bridgehead atoms. The summed E-state index contributed by atoms with van der Waals surface area (Å²) in [5.74, 6) is -0.153. The molecule has 6 heteroatoms. The van der Waals surface area contributed by atoms with Crippen molar-refractivity contribution in [2.45, 2.75) is 33.1 Å². The van der Waals surface area contributed by atoms with Crippen molar-refractivity contribution in [3.63, 3.8) is 0 Å². The Morgan fingerprint density at radius 3 is 2.08 bits per heavy atom. The van der Waals surface area contributed by atoms with Crippen molar-refractivity contribution in [2.75, 3.05) is 31.5 Å². The van der Waals surface area contributed by atoms with Crippen LogP contribution in [0.4, 0.5) is 5.69 Å². The molecule has 1 aliphatic heterocycles. The second-order valence-electron chi connectivity index (χ2n) is 5.99. The molecule has 0 aliphatic carbocycles. The normalized spacial score (nSPS) is 14.4. The molecule has 0 aromatic heterocycles. The highest BCUT2D eigenvalue weighted by molar-refractivity contribution is 5.93. The van der Waals surface area contributed by atoms with Crippen molar-refractivity contribution < 1.29 is 14.4 Å². The third-order valence-corrected chi connectivity index (χ3v) is 4.29. The summed E-state index contributed by atoms with van der Waals surface area (Å²) in [4.78, 5) is 38.8. The Morgan fingerprint density at radius 1 is 0.958 bits per heavy atom. The zero-order valence-corrected chi connectivity index (χ0v) is 14.4. The molecule has 24 heavy (non-hydrogen) atoms. The van der Waals surface area contributed by atoms with Crippen molar-refractivity contribution >= 4 is 23.4 Å². The van der Waals surface area contributed by atoms with Gasteiger partial charge in [-0.25, -0.2) is 0 Å². The zero-order valence-electron chi connectivity index (χ0n) is 14.4. The van der Waals surface area contributed by atoms with Crippen LogP contribution in [-0.4, -0.2) is 53.7 Å². The summed E-state index contributed by atoms with van der Waals surface area (Å²) in [7, 11) is 0. The Labute approximate surface area is 142 Å². The van der Waals surface area contributed by atoms with E-state index in [4.69, 9.17) is 0 Å². The van der Waals surface area contributed by atoms with Gasteiger partial charge in [-0.1, -0.05) is 19.1 Å². The number of anilines is 1. The second-order valence-corrected chi connectivity index (χ2v) is 5.99. The molecule has 0 spiro atoms. The van der Waals surface area contributed by atoms with Crippen LogP contribution >= 0.6 is 0 Å². The lowest BCUT2D eigenvalue weighted by atomic mass is 10.1. The summed E-state index contributed by atoms with van der Waals surface area (Å²) in [6, 6.07) is 7.71. The van der Waals surface area contributed by atoms with Crippen molar-refractivity contribution in [1.29, 1.82) is 0 Å². The van der Waals surface area contributed by atoms with Crippen LogP contribution in [0.2, 0.25) is 0 Å². The van der Waals surface area contributed by atoms with Gasteiger partial charge in [0.05, 0.1) is 0 Å². The first kappa shape index (κ1) is 18.0. The number of amides is 3. The first-order valence-electron chi connectivity index (χ1n) is 8.41. The van der Waals surface area contributed by atoms with Gasteiger partial charge in [-0.15, -0.1) is 0 Å². The van der Waals surface area contributed by atoms with Gasteiger partial charge < -0.3 is 15.1 Å². The highest BCUT2D eigenvalue weighted by atomic mass is 16.2. The van der Waals surface area contributed by atoms with Gasteiger partial charge in [0.1, 0.15) is 0 Å². The molecule has 1 heterocycles. The van der Waals surface area contributed by atoms with E-state index in [1.807, 2.05) is 24.3 Å². The van der Waals surface area contributed by atoms with Gasteiger partial charge in [0, 0.05) is 51.6 Å². The van der Waals surface area contributed by atoms with E-state index >= 15 is 0 Å². The number of piperazine rings is 1. The Bertz CT molecular complexity index is 590. The van der Waals surface area contributed by atoms with Gasteiger partial charge in [-0.2, -0.15) is 0 Å². The quantitative estimate of drug-likeness (QED) is 0.892. The van der Waals surface area contributed by atoms with Crippen LogP contribution in [0.5, 0.6) is 0 Å². The van der Waals surface area contributed by atoms with E-state index in [0.717, 1.165) is 12.1 Å². The first-order chi connectivity index (χ1) is 11.5. The fourth-order valence-electron chi connectivity index (χ4n) is 2.70. The van der Waals surface area contributed by atoms with Gasteiger partial charge in [0.2, 0.25) is 17.7 Å². The lowest BCUT2D eigenvalue weighted by Gasteiger charge is -2.34. The number of carbonyl (C=O) groups excluding carboxylic acids is 3. The molecule has 1 fully saturated rings. The summed E-state index contributed by atoms with van der Waals surface area (Å²) < 4.78 is 0. The number of hydrogen-bond acceptors (Lipinski definition) is 3. The highest BCUT2D eigenvalue weighted by Gasteiger charge is 2.22. The molecule has 2 rings (SSSR count). The smallest absolute Gasteiger partial charge is 0.224 e. The van der Waals surface area contributed by atoms with Gasteiger partial charge >= 0.3 is 0 Å². The van der Waals surface area contributed by atoms with Gasteiger partial charge in [0.15, 0.2) is 0 Å². The Balaban J connectivity index is 1.73. The number of hydrogen-bond donors (Lipinski definition) is 1. The fourth-order valence-corrected chi connectivity index (χ4v) is 2.70. The molecule has 1 aromatic rings. The minimum absolute atomic E-state index is 0.0327. The maximum absolute atomic E-state index is 12.2. The van der Waals surface area contributed by atoms with E-state index in [2.05, 4.69) is 12.2 Å². The number of rotatable bonds is 5. The molecular weight excluding hydrogens is 306 g/mol. The molecule has 6 nitrogen and oxygen atoms in total. The summed E-state index contributed by atoms with van der Waals surface area (Å²) >= 11 is 0. The molecule has 0 radical (unpaired) electrons. The minimum Gasteiger partial charge on any atom is -0.339 e. The zero-order chi connectivity index (χ0) is 17.5. The number of nitrogens with one attached hydrogen (secondary N) is 1. The molecule has 0 saturated carbocycles. The van der Waals surface area contributed by atoms with Crippen LogP contribution in [-0.2, 0) is 20.8 Å². The van der Waals surface area contributed by atoms with E-state index in [1.165, 1.54) is 12.5 Å². The molecule has 1 saturated heterocycles. The molecule has 0 atom stereocenters. The molecule has 1 aliphatic rings. The van der Waals surface area contributed by atoms with Gasteiger partial charge in [-0.3, -0.25) is 14.4 Å². The van der Waals surface area contributed by atoms with Crippen molar-refractivity contribution in [2.24, 2.45) is 0 Å². The van der Waals surface area contributed by atoms with Crippen LogP contribution < -0.4 is 5.32 Å². The third-order valence-electron chi connectivity index (χ3n) is 4.29. The van der Waals surface area contributed by atoms with Gasteiger partial charge in [0.25, 0.3) is 0 Å². The number of nitrogens with zero attached hydrogens (tertiary/aromatic N) is 2. The van der Waals surface area contributed by atoms with Gasteiger partial charge in [-0.05, 0) is 24.1 Å². The SMILES string of the molecule is CCc1ccc(NC(=O)CCC(=O)N2CCN(C(C)=O)CC2)cc1. The van der Waals surface area contributed by atoms with Crippen LogP contribution in [0.25, 0.3) is 0 Å². The molecule has 1 N–H and O–H groups in total. The monoisotopic (exact) mass is 331 g/mol. The maximum atomic E-state index is 12.2. The average Bonchev–Trinajstić information content (AvgIpc) is 2.60. The van der Waals surface area contributed by atoms with Crippen LogP contribution in [0.3, 0.4) is 0 Å². The fraction of sp³-hybridized carbons (Fsp3) is 0.500. The third kappa shape index (κ3) is 5.08. The lowest BCUT2D eigenvalue weighted by Crippen LogP contribution is -2.50. The predicted octanol–water partition coefficient (Wildman–Crippen LogP) is 1.66.